The first-order valence-electron chi connectivity index (χ1n) is 10.6. The van der Waals surface area contributed by atoms with Crippen LogP contribution in [-0.2, 0) is 9.84 Å². The molecular weight excluding hydrogens is 492 g/mol. The molecule has 0 aliphatic rings. The molecule has 2 aromatic carbocycles. The van der Waals surface area contributed by atoms with Crippen LogP contribution in [0.5, 0.6) is 11.6 Å². The van der Waals surface area contributed by atoms with Gasteiger partial charge in [0.2, 0.25) is 15.7 Å². The summed E-state index contributed by atoms with van der Waals surface area (Å²) in [5.74, 6) is -2.69. The van der Waals surface area contributed by atoms with Gasteiger partial charge in [-0.25, -0.2) is 18.4 Å². The van der Waals surface area contributed by atoms with Crippen LogP contribution in [0.2, 0.25) is 0 Å². The van der Waals surface area contributed by atoms with E-state index in [9.17, 15) is 22.0 Å². The van der Waals surface area contributed by atoms with E-state index < -0.39 is 26.4 Å². The van der Waals surface area contributed by atoms with Crippen LogP contribution in [0.15, 0.2) is 65.8 Å². The number of amides is 1. The first-order chi connectivity index (χ1) is 17.1. The third kappa shape index (κ3) is 5.08. The molecule has 0 aliphatic carbocycles. The largest absolute Gasteiger partial charge is 0.439 e. The number of ether oxygens (including phenoxy) is 1. The molecule has 0 unspecified atom stereocenters. The molecule has 1 N–H and O–H groups in total. The predicted octanol–water partition coefficient (Wildman–Crippen LogP) is 4.63. The molecule has 9 nitrogen and oxygen atoms in total. The number of benzene rings is 2. The standard InChI is InChI=1S/C24H21F2N5O4S/c1-14-15(2)31(13-27-14)21-12-22(29-16(3)28-21)35-18-10-8-17(9-11-18)30-23(32)19-6-4-5-7-20(19)36(33,34)24(25)26/h4-13,24H,1-3H3,(H,30,32). The number of hydrogen-bond acceptors (Lipinski definition) is 7. The topological polar surface area (TPSA) is 116 Å². The first kappa shape index (κ1) is 24.9. The number of hydrogen-bond donors (Lipinski definition) is 1. The van der Waals surface area contributed by atoms with Crippen molar-refractivity contribution < 1.29 is 26.7 Å². The van der Waals surface area contributed by atoms with Gasteiger partial charge in [0.1, 0.15) is 23.7 Å². The van der Waals surface area contributed by atoms with Crippen molar-refractivity contribution in [1.29, 1.82) is 0 Å². The number of nitrogens with one attached hydrogen (secondary N) is 1. The summed E-state index contributed by atoms with van der Waals surface area (Å²) in [4.78, 5) is 24.9. The van der Waals surface area contributed by atoms with E-state index in [4.69, 9.17) is 4.74 Å². The molecule has 12 heteroatoms. The van der Waals surface area contributed by atoms with Crippen molar-refractivity contribution in [2.75, 3.05) is 5.32 Å². The molecule has 4 aromatic rings. The molecule has 0 radical (unpaired) electrons. The molecule has 0 aliphatic heterocycles. The van der Waals surface area contributed by atoms with Crippen LogP contribution in [0.4, 0.5) is 14.5 Å². The Balaban J connectivity index is 1.52. The van der Waals surface area contributed by atoms with Gasteiger partial charge < -0.3 is 10.1 Å². The zero-order valence-corrected chi connectivity index (χ0v) is 20.3. The number of carbonyl (C=O) groups is 1. The number of anilines is 1. The fraction of sp³-hybridized carbons (Fsp3) is 0.167. The van der Waals surface area contributed by atoms with Crippen molar-refractivity contribution in [3.8, 4) is 17.4 Å². The highest BCUT2D eigenvalue weighted by molar-refractivity contribution is 7.91. The molecule has 2 heterocycles. The number of aryl methyl sites for hydroxylation is 2. The monoisotopic (exact) mass is 513 g/mol. The second-order valence-corrected chi connectivity index (χ2v) is 9.67. The Labute approximate surface area is 205 Å². The van der Waals surface area contributed by atoms with Crippen molar-refractivity contribution in [2.24, 2.45) is 0 Å². The van der Waals surface area contributed by atoms with Crippen molar-refractivity contribution in [1.82, 2.24) is 19.5 Å². The number of alkyl halides is 2. The summed E-state index contributed by atoms with van der Waals surface area (Å²) in [7, 11) is -4.95. The number of carbonyl (C=O) groups excluding carboxylic acids is 1. The van der Waals surface area contributed by atoms with Crippen molar-refractivity contribution in [2.45, 2.75) is 31.4 Å². The van der Waals surface area contributed by atoms with Crippen molar-refractivity contribution >= 4 is 21.4 Å². The van der Waals surface area contributed by atoms with Crippen molar-refractivity contribution in [3.05, 3.63) is 83.7 Å². The van der Waals surface area contributed by atoms with Gasteiger partial charge in [-0.15, -0.1) is 0 Å². The van der Waals surface area contributed by atoms with Gasteiger partial charge in [-0.3, -0.25) is 9.36 Å². The maximum atomic E-state index is 13.0. The number of sulfone groups is 1. The summed E-state index contributed by atoms with van der Waals surface area (Å²) in [5, 5.41) is 2.51. The fourth-order valence-electron chi connectivity index (χ4n) is 3.35. The number of rotatable bonds is 7. The molecule has 1 amide bonds. The van der Waals surface area contributed by atoms with E-state index in [1.807, 2.05) is 18.4 Å². The van der Waals surface area contributed by atoms with Crippen LogP contribution in [-0.4, -0.2) is 39.6 Å². The summed E-state index contributed by atoms with van der Waals surface area (Å²) < 4.78 is 57.5. The van der Waals surface area contributed by atoms with E-state index in [0.29, 0.717) is 29.0 Å². The van der Waals surface area contributed by atoms with Gasteiger partial charge in [0.25, 0.3) is 5.91 Å². The predicted molar refractivity (Wildman–Crippen MR) is 127 cm³/mol. The van der Waals surface area contributed by atoms with Gasteiger partial charge in [-0.05, 0) is 57.2 Å². The highest BCUT2D eigenvalue weighted by Gasteiger charge is 2.30. The lowest BCUT2D eigenvalue weighted by Crippen LogP contribution is -2.19. The minimum atomic E-state index is -4.95. The summed E-state index contributed by atoms with van der Waals surface area (Å²) in [6, 6.07) is 12.7. The summed E-state index contributed by atoms with van der Waals surface area (Å²) in [6.07, 6.45) is 1.67. The van der Waals surface area contributed by atoms with Crippen LogP contribution in [0.3, 0.4) is 0 Å². The van der Waals surface area contributed by atoms with E-state index in [2.05, 4.69) is 20.3 Å². The van der Waals surface area contributed by atoms with Crippen LogP contribution in [0.1, 0.15) is 27.6 Å². The number of halogens is 2. The molecule has 4 rings (SSSR count). The molecule has 0 fully saturated rings. The summed E-state index contributed by atoms with van der Waals surface area (Å²) >= 11 is 0. The Morgan fingerprint density at radius 2 is 1.72 bits per heavy atom. The Bertz CT molecular complexity index is 1540. The molecular formula is C24H21F2N5O4S. The minimum Gasteiger partial charge on any atom is -0.439 e. The van der Waals surface area contributed by atoms with E-state index in [0.717, 1.165) is 17.5 Å². The molecule has 0 saturated heterocycles. The average molecular weight is 514 g/mol. The third-order valence-corrected chi connectivity index (χ3v) is 6.75. The van der Waals surface area contributed by atoms with Crippen LogP contribution in [0.25, 0.3) is 5.82 Å². The SMILES string of the molecule is Cc1nc(Oc2ccc(NC(=O)c3ccccc3S(=O)(=O)C(F)F)cc2)cc(-n2cnc(C)c2C)n1. The smallest absolute Gasteiger partial charge is 0.341 e. The lowest BCUT2D eigenvalue weighted by atomic mass is 10.2. The molecule has 36 heavy (non-hydrogen) atoms. The Morgan fingerprint density at radius 3 is 2.36 bits per heavy atom. The number of aromatic nitrogens is 4. The molecule has 0 atom stereocenters. The molecule has 0 bridgehead atoms. The lowest BCUT2D eigenvalue weighted by molar-refractivity contribution is 0.102. The Kier molecular flexibility index (Phi) is 6.80. The number of imidazole rings is 1. The highest BCUT2D eigenvalue weighted by atomic mass is 32.2. The quantitative estimate of drug-likeness (QED) is 0.383. The fourth-order valence-corrected chi connectivity index (χ4v) is 4.28. The molecule has 0 saturated carbocycles. The van der Waals surface area contributed by atoms with Crippen LogP contribution >= 0.6 is 0 Å². The second-order valence-electron chi connectivity index (χ2n) is 7.78. The number of nitrogens with zero attached hydrogens (tertiary/aromatic N) is 4. The van der Waals surface area contributed by atoms with Crippen LogP contribution < -0.4 is 10.1 Å². The Hall–Kier alpha value is -4.19. The first-order valence-corrected chi connectivity index (χ1v) is 12.2. The zero-order chi connectivity index (χ0) is 26.0. The van der Waals surface area contributed by atoms with Gasteiger partial charge in [-0.2, -0.15) is 13.8 Å². The van der Waals surface area contributed by atoms with Gasteiger partial charge in [0.05, 0.1) is 16.2 Å². The van der Waals surface area contributed by atoms with Crippen LogP contribution in [0, 0.1) is 20.8 Å². The second kappa shape index (κ2) is 9.82. The summed E-state index contributed by atoms with van der Waals surface area (Å²) in [5.41, 5.74) is 1.73. The third-order valence-electron chi connectivity index (χ3n) is 5.31. The molecule has 2 aromatic heterocycles. The van der Waals surface area contributed by atoms with E-state index in [-0.39, 0.29) is 5.56 Å². The average Bonchev–Trinajstić information content (AvgIpc) is 3.18. The van der Waals surface area contributed by atoms with E-state index in [1.54, 1.807) is 31.5 Å². The van der Waals surface area contributed by atoms with Gasteiger partial charge in [0, 0.05) is 17.4 Å². The molecule has 186 valence electrons. The van der Waals surface area contributed by atoms with E-state index >= 15 is 0 Å². The van der Waals surface area contributed by atoms with Gasteiger partial charge in [-0.1, -0.05) is 12.1 Å². The zero-order valence-electron chi connectivity index (χ0n) is 19.4. The highest BCUT2D eigenvalue weighted by Crippen LogP contribution is 2.26. The normalized spacial score (nSPS) is 11.5. The van der Waals surface area contributed by atoms with E-state index in [1.165, 1.54) is 30.3 Å². The Morgan fingerprint density at radius 1 is 1.03 bits per heavy atom. The van der Waals surface area contributed by atoms with Gasteiger partial charge in [0.15, 0.2) is 0 Å². The summed E-state index contributed by atoms with van der Waals surface area (Å²) in [6.45, 7) is 5.56. The minimum absolute atomic E-state index is 0.297. The molecule has 0 spiro atoms. The lowest BCUT2D eigenvalue weighted by Gasteiger charge is -2.12. The van der Waals surface area contributed by atoms with Crippen molar-refractivity contribution in [3.63, 3.8) is 0 Å². The maximum Gasteiger partial charge on any atom is 0.341 e. The maximum absolute atomic E-state index is 13.0. The van der Waals surface area contributed by atoms with Gasteiger partial charge >= 0.3 is 5.76 Å².